The molecule has 2 aromatic rings. The van der Waals surface area contributed by atoms with Crippen LogP contribution in [0.1, 0.15) is 12.8 Å². The molecule has 0 unspecified atom stereocenters. The van der Waals surface area contributed by atoms with Crippen LogP contribution in [-0.2, 0) is 11.8 Å². The van der Waals surface area contributed by atoms with Gasteiger partial charge < -0.3 is 10.2 Å². The SMILES string of the molecule is Cn1nc(N2CCC[C@@H](C(=O)Nc3cccc(Br)c3)C2)ccc1=O. The van der Waals surface area contributed by atoms with Crippen LogP contribution in [0.2, 0.25) is 0 Å². The van der Waals surface area contributed by atoms with Gasteiger partial charge in [0.1, 0.15) is 5.82 Å². The maximum atomic E-state index is 12.5. The summed E-state index contributed by atoms with van der Waals surface area (Å²) in [5.41, 5.74) is 0.645. The van der Waals surface area contributed by atoms with E-state index in [2.05, 4.69) is 31.2 Å². The zero-order valence-electron chi connectivity index (χ0n) is 13.4. The summed E-state index contributed by atoms with van der Waals surface area (Å²) in [5.74, 6) is 0.649. The molecular formula is C17H19BrN4O2. The first-order valence-corrected chi connectivity index (χ1v) is 8.68. The third kappa shape index (κ3) is 3.84. The summed E-state index contributed by atoms with van der Waals surface area (Å²) in [6.45, 7) is 1.44. The lowest BCUT2D eigenvalue weighted by molar-refractivity contribution is -0.120. The van der Waals surface area contributed by atoms with Crippen molar-refractivity contribution in [2.75, 3.05) is 23.3 Å². The summed E-state index contributed by atoms with van der Waals surface area (Å²) in [5, 5.41) is 7.25. The first-order chi connectivity index (χ1) is 11.5. The van der Waals surface area contributed by atoms with E-state index in [1.54, 1.807) is 13.1 Å². The molecule has 24 heavy (non-hydrogen) atoms. The van der Waals surface area contributed by atoms with Crippen molar-refractivity contribution in [2.24, 2.45) is 13.0 Å². The normalized spacial score (nSPS) is 17.6. The highest BCUT2D eigenvalue weighted by molar-refractivity contribution is 9.10. The van der Waals surface area contributed by atoms with Crippen molar-refractivity contribution < 1.29 is 4.79 Å². The molecule has 1 aromatic carbocycles. The van der Waals surface area contributed by atoms with Crippen molar-refractivity contribution in [3.8, 4) is 0 Å². The molecule has 1 aromatic heterocycles. The summed E-state index contributed by atoms with van der Waals surface area (Å²) < 4.78 is 2.25. The number of aromatic nitrogens is 2. The smallest absolute Gasteiger partial charge is 0.266 e. The van der Waals surface area contributed by atoms with Gasteiger partial charge in [-0.25, -0.2) is 4.68 Å². The largest absolute Gasteiger partial charge is 0.354 e. The highest BCUT2D eigenvalue weighted by Gasteiger charge is 2.26. The second-order valence-electron chi connectivity index (χ2n) is 5.94. The van der Waals surface area contributed by atoms with E-state index in [4.69, 9.17) is 0 Å². The summed E-state index contributed by atoms with van der Waals surface area (Å²) in [4.78, 5) is 26.1. The Labute approximate surface area is 148 Å². The van der Waals surface area contributed by atoms with E-state index >= 15 is 0 Å². The maximum absolute atomic E-state index is 12.5. The van der Waals surface area contributed by atoms with Gasteiger partial charge in [-0.1, -0.05) is 22.0 Å². The molecule has 1 aliphatic rings. The van der Waals surface area contributed by atoms with Crippen molar-refractivity contribution in [1.29, 1.82) is 0 Å². The van der Waals surface area contributed by atoms with Crippen LogP contribution < -0.4 is 15.8 Å². The van der Waals surface area contributed by atoms with E-state index in [9.17, 15) is 9.59 Å². The van der Waals surface area contributed by atoms with Gasteiger partial charge in [0.15, 0.2) is 0 Å². The van der Waals surface area contributed by atoms with Crippen LogP contribution in [0.3, 0.4) is 0 Å². The summed E-state index contributed by atoms with van der Waals surface area (Å²) in [6, 6.07) is 10.8. The van der Waals surface area contributed by atoms with Gasteiger partial charge in [-0.3, -0.25) is 9.59 Å². The minimum absolute atomic E-state index is 0.0163. The number of benzene rings is 1. The predicted octanol–water partition coefficient (Wildman–Crippen LogP) is 2.40. The Morgan fingerprint density at radius 3 is 2.92 bits per heavy atom. The van der Waals surface area contributed by atoms with Gasteiger partial charge in [0, 0.05) is 36.4 Å². The second-order valence-corrected chi connectivity index (χ2v) is 6.85. The highest BCUT2D eigenvalue weighted by atomic mass is 79.9. The lowest BCUT2D eigenvalue weighted by Gasteiger charge is -2.32. The molecule has 0 spiro atoms. The molecular weight excluding hydrogens is 372 g/mol. The fourth-order valence-corrected chi connectivity index (χ4v) is 3.27. The Hall–Kier alpha value is -2.15. The Morgan fingerprint density at radius 1 is 1.33 bits per heavy atom. The van der Waals surface area contributed by atoms with Gasteiger partial charge in [0.2, 0.25) is 5.91 Å². The van der Waals surface area contributed by atoms with Crippen molar-refractivity contribution in [1.82, 2.24) is 9.78 Å². The molecule has 1 fully saturated rings. The van der Waals surface area contributed by atoms with Crippen LogP contribution in [0.5, 0.6) is 0 Å². The van der Waals surface area contributed by atoms with Crippen LogP contribution in [0.25, 0.3) is 0 Å². The van der Waals surface area contributed by atoms with E-state index in [1.165, 1.54) is 10.7 Å². The zero-order valence-corrected chi connectivity index (χ0v) is 15.0. The van der Waals surface area contributed by atoms with E-state index in [0.717, 1.165) is 35.4 Å². The molecule has 1 N–H and O–H groups in total. The molecule has 0 bridgehead atoms. The average Bonchev–Trinajstić information content (AvgIpc) is 2.57. The van der Waals surface area contributed by atoms with Gasteiger partial charge in [-0.15, -0.1) is 0 Å². The molecule has 7 heteroatoms. The molecule has 1 aliphatic heterocycles. The number of hydrogen-bond acceptors (Lipinski definition) is 4. The molecule has 1 amide bonds. The van der Waals surface area contributed by atoms with E-state index < -0.39 is 0 Å². The number of piperidine rings is 1. The number of amides is 1. The first kappa shape index (κ1) is 16.7. The van der Waals surface area contributed by atoms with Crippen LogP contribution in [0.4, 0.5) is 11.5 Å². The summed E-state index contributed by atoms with van der Waals surface area (Å²) in [7, 11) is 1.63. The fourth-order valence-electron chi connectivity index (χ4n) is 2.87. The minimum Gasteiger partial charge on any atom is -0.354 e. The molecule has 1 atom stereocenters. The van der Waals surface area contributed by atoms with E-state index in [1.807, 2.05) is 24.3 Å². The number of aryl methyl sites for hydroxylation is 1. The summed E-state index contributed by atoms with van der Waals surface area (Å²) >= 11 is 3.41. The average molecular weight is 391 g/mol. The number of nitrogens with one attached hydrogen (secondary N) is 1. The van der Waals surface area contributed by atoms with Gasteiger partial charge in [0.05, 0.1) is 5.92 Å². The third-order valence-electron chi connectivity index (χ3n) is 4.15. The number of carbonyl (C=O) groups is 1. The number of anilines is 2. The molecule has 0 saturated carbocycles. The Bertz CT molecular complexity index is 805. The van der Waals surface area contributed by atoms with Gasteiger partial charge >= 0.3 is 0 Å². The lowest BCUT2D eigenvalue weighted by Crippen LogP contribution is -2.41. The Kier molecular flexibility index (Phi) is 4.99. The molecule has 6 nitrogen and oxygen atoms in total. The van der Waals surface area contributed by atoms with Crippen LogP contribution in [0, 0.1) is 5.92 Å². The molecule has 0 aliphatic carbocycles. The van der Waals surface area contributed by atoms with Crippen molar-refractivity contribution in [3.05, 3.63) is 51.2 Å². The second kappa shape index (κ2) is 7.17. The monoisotopic (exact) mass is 390 g/mol. The topological polar surface area (TPSA) is 67.2 Å². The number of carbonyl (C=O) groups excluding carboxylic acids is 1. The van der Waals surface area contributed by atoms with Gasteiger partial charge in [-0.05, 0) is 37.1 Å². The lowest BCUT2D eigenvalue weighted by atomic mass is 9.97. The number of rotatable bonds is 3. The summed E-state index contributed by atoms with van der Waals surface area (Å²) in [6.07, 6.45) is 1.77. The van der Waals surface area contributed by atoms with Gasteiger partial charge in [-0.2, -0.15) is 5.10 Å². The third-order valence-corrected chi connectivity index (χ3v) is 4.65. The molecule has 0 radical (unpaired) electrons. The van der Waals surface area contributed by atoms with Crippen LogP contribution >= 0.6 is 15.9 Å². The molecule has 3 rings (SSSR count). The number of nitrogens with zero attached hydrogens (tertiary/aromatic N) is 3. The number of halogens is 1. The molecule has 2 heterocycles. The van der Waals surface area contributed by atoms with Crippen LogP contribution in [0.15, 0.2) is 45.7 Å². The van der Waals surface area contributed by atoms with Crippen LogP contribution in [-0.4, -0.2) is 28.8 Å². The number of hydrogen-bond donors (Lipinski definition) is 1. The van der Waals surface area contributed by atoms with E-state index in [0.29, 0.717) is 6.54 Å². The molecule has 126 valence electrons. The maximum Gasteiger partial charge on any atom is 0.266 e. The van der Waals surface area contributed by atoms with Crippen molar-refractivity contribution >= 4 is 33.3 Å². The van der Waals surface area contributed by atoms with Gasteiger partial charge in [0.25, 0.3) is 5.56 Å². The van der Waals surface area contributed by atoms with Crippen molar-refractivity contribution in [2.45, 2.75) is 12.8 Å². The standard InChI is InChI=1S/C17H19BrN4O2/c1-21-16(23)8-7-15(20-21)22-9-3-4-12(11-22)17(24)19-14-6-2-5-13(18)10-14/h2,5-8,10,12H,3-4,9,11H2,1H3,(H,19,24)/t12-/m1/s1. The minimum atomic E-state index is -0.139. The fraction of sp³-hybridized carbons (Fsp3) is 0.353. The Morgan fingerprint density at radius 2 is 2.17 bits per heavy atom. The first-order valence-electron chi connectivity index (χ1n) is 7.88. The molecule has 1 saturated heterocycles. The van der Waals surface area contributed by atoms with E-state index in [-0.39, 0.29) is 17.4 Å². The van der Waals surface area contributed by atoms with Crippen molar-refractivity contribution in [3.63, 3.8) is 0 Å². The zero-order chi connectivity index (χ0) is 17.1. The quantitative estimate of drug-likeness (QED) is 0.873. The highest BCUT2D eigenvalue weighted by Crippen LogP contribution is 2.23. The predicted molar refractivity (Wildman–Crippen MR) is 97.2 cm³/mol. The Balaban J connectivity index is 1.69.